The van der Waals surface area contributed by atoms with Crippen LogP contribution in [0.15, 0.2) is 30.3 Å². The Bertz CT molecular complexity index is 450. The maximum absolute atomic E-state index is 6.55. The van der Waals surface area contributed by atoms with E-state index in [4.69, 9.17) is 4.74 Å². The predicted molar refractivity (Wildman–Crippen MR) is 95.6 cm³/mol. The van der Waals surface area contributed by atoms with Crippen LogP contribution in [0, 0.1) is 0 Å². The largest absolute Gasteiger partial charge is 0.372 e. The lowest BCUT2D eigenvalue weighted by molar-refractivity contribution is -0.0443. The van der Waals surface area contributed by atoms with Crippen molar-refractivity contribution in [3.8, 4) is 0 Å². The Morgan fingerprint density at radius 1 is 1.05 bits per heavy atom. The fraction of sp³-hybridized carbons (Fsp3) is 0.667. The smallest absolute Gasteiger partial charge is 0.0687 e. The summed E-state index contributed by atoms with van der Waals surface area (Å²) in [5.74, 6) is 0. The first-order valence-corrected chi connectivity index (χ1v) is 10.3. The molecule has 1 aromatic carbocycles. The van der Waals surface area contributed by atoms with Gasteiger partial charge in [0.1, 0.15) is 0 Å². The van der Waals surface area contributed by atoms with E-state index in [0.717, 1.165) is 17.1 Å². The lowest BCUT2D eigenvalue weighted by Crippen LogP contribution is -2.36. The molecule has 3 rings (SSSR count). The minimum atomic E-state index is 0.135. The van der Waals surface area contributed by atoms with Gasteiger partial charge in [-0.05, 0) is 37.7 Å². The van der Waals surface area contributed by atoms with E-state index in [1.54, 1.807) is 0 Å². The van der Waals surface area contributed by atoms with Crippen LogP contribution in [0.25, 0.3) is 0 Å². The average molecular weight is 416 g/mol. The summed E-state index contributed by atoms with van der Waals surface area (Å²) in [6.45, 7) is 0. The van der Waals surface area contributed by atoms with Crippen LogP contribution in [0.4, 0.5) is 0 Å². The molecule has 0 bridgehead atoms. The first-order valence-electron chi connectivity index (χ1n) is 8.07. The second-order valence-corrected chi connectivity index (χ2v) is 7.91. The summed E-state index contributed by atoms with van der Waals surface area (Å²) in [4.78, 5) is 0. The van der Waals surface area contributed by atoms with Crippen LogP contribution in [0.1, 0.15) is 50.5 Å². The molecule has 1 aromatic rings. The molecule has 0 radical (unpaired) electrons. The Labute approximate surface area is 145 Å². The quantitative estimate of drug-likeness (QED) is 0.569. The first-order chi connectivity index (χ1) is 10.2. The van der Waals surface area contributed by atoms with Crippen LogP contribution in [0.5, 0.6) is 0 Å². The van der Waals surface area contributed by atoms with E-state index in [1.165, 1.54) is 44.1 Å². The van der Waals surface area contributed by atoms with Gasteiger partial charge in [-0.1, -0.05) is 75.0 Å². The summed E-state index contributed by atoms with van der Waals surface area (Å²) in [6.07, 6.45) is 9.30. The van der Waals surface area contributed by atoms with E-state index in [2.05, 4.69) is 62.2 Å². The van der Waals surface area contributed by atoms with Crippen molar-refractivity contribution >= 4 is 31.9 Å². The van der Waals surface area contributed by atoms with Gasteiger partial charge in [-0.25, -0.2) is 0 Å². The molecule has 0 aromatic heterocycles. The highest BCUT2D eigenvalue weighted by atomic mass is 79.9. The molecule has 2 aliphatic rings. The van der Waals surface area contributed by atoms with Gasteiger partial charge in [-0.3, -0.25) is 0 Å². The standard InChI is InChI=1S/C18H24Br2O/c19-13-17(14-20,15-6-2-1-3-7-15)12-16-8-11-18(21-16)9-4-5-10-18/h1-3,6-7,16H,4-5,8-14H2. The zero-order valence-corrected chi connectivity index (χ0v) is 15.7. The molecule has 1 unspecified atom stereocenters. The van der Waals surface area contributed by atoms with Gasteiger partial charge >= 0.3 is 0 Å². The Kier molecular flexibility index (Phi) is 5.12. The monoisotopic (exact) mass is 414 g/mol. The van der Waals surface area contributed by atoms with Crippen molar-refractivity contribution in [3.63, 3.8) is 0 Å². The molecule has 2 fully saturated rings. The zero-order chi connectivity index (χ0) is 14.8. The summed E-state index contributed by atoms with van der Waals surface area (Å²) in [5.41, 5.74) is 1.79. The van der Waals surface area contributed by atoms with Gasteiger partial charge in [0.05, 0.1) is 11.7 Å². The third-order valence-corrected chi connectivity index (χ3v) is 7.52. The van der Waals surface area contributed by atoms with E-state index >= 15 is 0 Å². The number of ether oxygens (including phenoxy) is 1. The number of rotatable bonds is 5. The molecular formula is C18H24Br2O. The molecule has 21 heavy (non-hydrogen) atoms. The van der Waals surface area contributed by atoms with Crippen molar-refractivity contribution in [1.82, 2.24) is 0 Å². The molecule has 1 aliphatic carbocycles. The number of hydrogen-bond donors (Lipinski definition) is 0. The number of benzene rings is 1. The van der Waals surface area contributed by atoms with Crippen molar-refractivity contribution in [1.29, 1.82) is 0 Å². The van der Waals surface area contributed by atoms with Crippen LogP contribution in [-0.2, 0) is 10.2 Å². The van der Waals surface area contributed by atoms with E-state index in [0.29, 0.717) is 6.10 Å². The van der Waals surface area contributed by atoms with Crippen LogP contribution < -0.4 is 0 Å². The molecule has 1 saturated heterocycles. The highest BCUT2D eigenvalue weighted by molar-refractivity contribution is 9.09. The number of hydrogen-bond acceptors (Lipinski definition) is 1. The molecule has 1 aliphatic heterocycles. The minimum Gasteiger partial charge on any atom is -0.372 e. The molecule has 116 valence electrons. The van der Waals surface area contributed by atoms with Gasteiger partial charge in [0, 0.05) is 16.1 Å². The summed E-state index contributed by atoms with van der Waals surface area (Å²) in [7, 11) is 0. The van der Waals surface area contributed by atoms with Crippen molar-refractivity contribution in [2.45, 2.75) is 62.1 Å². The van der Waals surface area contributed by atoms with Crippen molar-refractivity contribution < 1.29 is 4.74 Å². The summed E-state index contributed by atoms with van der Waals surface area (Å²) in [5, 5.41) is 1.95. The van der Waals surface area contributed by atoms with E-state index in [1.807, 2.05) is 0 Å². The van der Waals surface area contributed by atoms with Crippen LogP contribution in [0.3, 0.4) is 0 Å². The lowest BCUT2D eigenvalue weighted by atomic mass is 9.79. The lowest BCUT2D eigenvalue weighted by Gasteiger charge is -2.34. The van der Waals surface area contributed by atoms with Crippen LogP contribution >= 0.6 is 31.9 Å². The maximum atomic E-state index is 6.55. The molecule has 1 heterocycles. The van der Waals surface area contributed by atoms with E-state index in [-0.39, 0.29) is 11.0 Å². The second kappa shape index (κ2) is 6.72. The molecule has 3 heteroatoms. The molecule has 1 nitrogen and oxygen atoms in total. The highest BCUT2D eigenvalue weighted by Crippen LogP contribution is 2.46. The summed E-state index contributed by atoms with van der Waals surface area (Å²) >= 11 is 7.53. The molecule has 1 saturated carbocycles. The van der Waals surface area contributed by atoms with Gasteiger partial charge < -0.3 is 4.74 Å². The zero-order valence-electron chi connectivity index (χ0n) is 12.5. The van der Waals surface area contributed by atoms with Gasteiger partial charge in [-0.15, -0.1) is 0 Å². The number of alkyl halides is 2. The third kappa shape index (κ3) is 3.25. The number of halogens is 2. The predicted octanol–water partition coefficient (Wildman–Crippen LogP) is 5.60. The van der Waals surface area contributed by atoms with E-state index < -0.39 is 0 Å². The molecule has 1 spiro atoms. The fourth-order valence-electron chi connectivity index (χ4n) is 4.07. The van der Waals surface area contributed by atoms with Crippen molar-refractivity contribution in [2.75, 3.05) is 10.7 Å². The van der Waals surface area contributed by atoms with Gasteiger partial charge in [-0.2, -0.15) is 0 Å². The Balaban J connectivity index is 1.74. The fourth-order valence-corrected chi connectivity index (χ4v) is 6.10. The van der Waals surface area contributed by atoms with Crippen molar-refractivity contribution in [3.05, 3.63) is 35.9 Å². The molecule has 1 atom stereocenters. The molecule has 0 amide bonds. The topological polar surface area (TPSA) is 9.23 Å². The maximum Gasteiger partial charge on any atom is 0.0687 e. The van der Waals surface area contributed by atoms with E-state index in [9.17, 15) is 0 Å². The van der Waals surface area contributed by atoms with Crippen LogP contribution in [-0.4, -0.2) is 22.4 Å². The van der Waals surface area contributed by atoms with Crippen molar-refractivity contribution in [2.24, 2.45) is 0 Å². The average Bonchev–Trinajstić information content (AvgIpc) is 3.16. The summed E-state index contributed by atoms with van der Waals surface area (Å²) < 4.78 is 6.55. The third-order valence-electron chi connectivity index (χ3n) is 5.37. The van der Waals surface area contributed by atoms with Gasteiger partial charge in [0.2, 0.25) is 0 Å². The highest BCUT2D eigenvalue weighted by Gasteiger charge is 2.44. The van der Waals surface area contributed by atoms with Gasteiger partial charge in [0.15, 0.2) is 0 Å². The Morgan fingerprint density at radius 3 is 2.33 bits per heavy atom. The SMILES string of the molecule is BrCC(CBr)(CC1CCC2(CCCC2)O1)c1ccccc1. The normalized spacial score (nSPS) is 24.8. The summed E-state index contributed by atoms with van der Waals surface area (Å²) in [6, 6.07) is 10.9. The Morgan fingerprint density at radius 2 is 1.71 bits per heavy atom. The first kappa shape index (κ1) is 16.0. The minimum absolute atomic E-state index is 0.135. The molecule has 0 N–H and O–H groups in total. The van der Waals surface area contributed by atoms with Gasteiger partial charge in [0.25, 0.3) is 0 Å². The second-order valence-electron chi connectivity index (χ2n) is 6.79. The van der Waals surface area contributed by atoms with Crippen LogP contribution in [0.2, 0.25) is 0 Å². The molecular weight excluding hydrogens is 392 g/mol. The Hall–Kier alpha value is 0.140.